The monoisotopic (exact) mass is 932 g/mol. The number of nitrogens with zero attached hydrogens (tertiary/aromatic N) is 7. The van der Waals surface area contributed by atoms with Crippen molar-refractivity contribution in [2.75, 3.05) is 31.8 Å². The molecule has 2 saturated heterocycles. The van der Waals surface area contributed by atoms with Crippen molar-refractivity contribution in [3.05, 3.63) is 83.9 Å². The number of nitrogens with one attached hydrogen (secondary N) is 1. The van der Waals surface area contributed by atoms with E-state index in [2.05, 4.69) is 41.3 Å². The van der Waals surface area contributed by atoms with Crippen LogP contribution >= 0.6 is 15.6 Å². The van der Waals surface area contributed by atoms with Gasteiger partial charge in [0.05, 0.1) is 33.2 Å². The van der Waals surface area contributed by atoms with Crippen molar-refractivity contribution in [2.24, 2.45) is 0 Å². The third-order valence-corrected chi connectivity index (χ3v) is 11.3. The number of phosphoric acid groups is 2. The van der Waals surface area contributed by atoms with Crippen molar-refractivity contribution in [3.8, 4) is 17.1 Å². The zero-order valence-electron chi connectivity index (χ0n) is 33.6. The summed E-state index contributed by atoms with van der Waals surface area (Å²) in [6.07, 6.45) is -1.96. The number of carbonyl (C=O) groups is 2. The molecular formula is C36H42N10O16P2. The highest BCUT2D eigenvalue weighted by molar-refractivity contribution is 7.47. The fourth-order valence-corrected chi connectivity index (χ4v) is 8.05. The van der Waals surface area contributed by atoms with Crippen LogP contribution in [0, 0.1) is 0 Å². The molecule has 64 heavy (non-hydrogen) atoms. The Morgan fingerprint density at radius 1 is 0.969 bits per heavy atom. The van der Waals surface area contributed by atoms with E-state index in [-0.39, 0.29) is 71.9 Å². The number of aromatic nitrogens is 7. The highest BCUT2D eigenvalue weighted by Crippen LogP contribution is 2.50. The number of ether oxygens (including phenoxy) is 4. The van der Waals surface area contributed by atoms with Crippen LogP contribution in [0.1, 0.15) is 54.5 Å². The van der Waals surface area contributed by atoms with E-state index in [9.17, 15) is 38.2 Å². The Kier molecular flexibility index (Phi) is 14.0. The number of hydrogen-bond donors (Lipinski definition) is 6. The van der Waals surface area contributed by atoms with E-state index in [4.69, 9.17) is 43.9 Å². The van der Waals surface area contributed by atoms with Gasteiger partial charge in [0, 0.05) is 31.0 Å². The second-order valence-corrected chi connectivity index (χ2v) is 16.8. The molecule has 28 heteroatoms. The number of hydrogen-bond acceptors (Lipinski definition) is 20. The number of esters is 1. The zero-order chi connectivity index (χ0) is 45.8. The molecule has 26 nitrogen and oxygen atoms in total. The molecular weight excluding hydrogens is 890 g/mol. The van der Waals surface area contributed by atoms with Gasteiger partial charge < -0.3 is 54.8 Å². The first kappa shape index (κ1) is 46.1. The molecule has 1 amide bonds. The quantitative estimate of drug-likeness (QED) is 0.0391. The Hall–Kier alpha value is -5.92. The van der Waals surface area contributed by atoms with Crippen molar-refractivity contribution in [3.63, 3.8) is 0 Å². The average Bonchev–Trinajstić information content (AvgIpc) is 4.06. The average molecular weight is 933 g/mol. The summed E-state index contributed by atoms with van der Waals surface area (Å²) in [5, 5.41) is 2.68. The van der Waals surface area contributed by atoms with Gasteiger partial charge >= 0.3 is 27.3 Å². The van der Waals surface area contributed by atoms with Crippen molar-refractivity contribution in [1.29, 1.82) is 0 Å². The summed E-state index contributed by atoms with van der Waals surface area (Å²) in [6.45, 7) is 1.86. The van der Waals surface area contributed by atoms with Gasteiger partial charge in [-0.1, -0.05) is 6.08 Å². The second-order valence-electron chi connectivity index (χ2n) is 14.1. The molecule has 1 unspecified atom stereocenters. The number of carbonyl (C=O) groups excluding carboxylic acids is 2. The van der Waals surface area contributed by atoms with Gasteiger partial charge in [-0.25, -0.2) is 38.7 Å². The van der Waals surface area contributed by atoms with Crippen LogP contribution in [-0.4, -0.2) is 105 Å². The van der Waals surface area contributed by atoms with Crippen LogP contribution in [0.2, 0.25) is 0 Å². The molecule has 2 fully saturated rings. The van der Waals surface area contributed by atoms with Gasteiger partial charge in [-0.2, -0.15) is 4.98 Å². The minimum absolute atomic E-state index is 0.00122. The summed E-state index contributed by atoms with van der Waals surface area (Å²) in [5.74, 6) is -0.836. The Balaban J connectivity index is 1.13. The van der Waals surface area contributed by atoms with Crippen molar-refractivity contribution >= 4 is 50.3 Å². The Morgan fingerprint density at radius 3 is 2.38 bits per heavy atom. The first-order valence-corrected chi connectivity index (χ1v) is 22.2. The van der Waals surface area contributed by atoms with E-state index in [1.807, 2.05) is 0 Å². The summed E-state index contributed by atoms with van der Waals surface area (Å²) < 4.78 is 72.3. The number of methoxy groups -OCH3 is 1. The molecule has 0 saturated carbocycles. The highest BCUT2D eigenvalue weighted by Gasteiger charge is 2.46. The molecule has 6 heterocycles. The minimum Gasteiger partial charge on any atom is -0.497 e. The lowest BCUT2D eigenvalue weighted by Gasteiger charge is -2.23. The number of anilines is 2. The van der Waals surface area contributed by atoms with E-state index in [1.165, 1.54) is 36.6 Å². The van der Waals surface area contributed by atoms with Gasteiger partial charge in [0.2, 0.25) is 11.8 Å². The van der Waals surface area contributed by atoms with Crippen molar-refractivity contribution in [2.45, 2.75) is 69.1 Å². The Labute approximate surface area is 361 Å². The van der Waals surface area contributed by atoms with Crippen molar-refractivity contribution < 1.29 is 70.3 Å². The molecule has 0 aliphatic carbocycles. The molecule has 7 atom stereocenters. The molecule has 0 radical (unpaired) electrons. The lowest BCUT2D eigenvalue weighted by atomic mass is 10.1. The van der Waals surface area contributed by atoms with Crippen LogP contribution < -0.4 is 27.2 Å². The summed E-state index contributed by atoms with van der Waals surface area (Å²) in [4.78, 5) is 89.2. The molecule has 1 aromatic carbocycles. The third-order valence-electron chi connectivity index (χ3n) is 9.79. The number of oxazole rings is 1. The second kappa shape index (κ2) is 19.4. The third kappa shape index (κ3) is 11.1. The number of allylic oxidation sites excluding steroid dienone is 1. The van der Waals surface area contributed by atoms with Crippen LogP contribution in [0.5, 0.6) is 5.75 Å². The fourth-order valence-electron chi connectivity index (χ4n) is 6.75. The topological polar surface area (TPSA) is 362 Å². The maximum atomic E-state index is 14.1. The molecule has 2 aliphatic rings. The van der Waals surface area contributed by atoms with Gasteiger partial charge in [0.25, 0.3) is 0 Å². The summed E-state index contributed by atoms with van der Waals surface area (Å²) >= 11 is 0. The Bertz CT molecular complexity index is 2650. The maximum absolute atomic E-state index is 14.1. The zero-order valence-corrected chi connectivity index (χ0v) is 35.4. The first-order valence-electron chi connectivity index (χ1n) is 19.2. The molecule has 5 aromatic rings. The van der Waals surface area contributed by atoms with E-state index < -0.39 is 77.4 Å². The number of amides is 1. The van der Waals surface area contributed by atoms with Crippen LogP contribution in [0.25, 0.3) is 22.5 Å². The molecule has 0 spiro atoms. The van der Waals surface area contributed by atoms with E-state index in [1.54, 1.807) is 30.3 Å². The maximum Gasteiger partial charge on any atom is 0.472 e. The molecule has 2 aliphatic heterocycles. The molecule has 342 valence electrons. The molecule has 8 N–H and O–H groups in total. The largest absolute Gasteiger partial charge is 0.497 e. The molecule has 4 aromatic heterocycles. The number of rotatable bonds is 19. The number of benzene rings is 1. The summed E-state index contributed by atoms with van der Waals surface area (Å²) in [6, 6.07) is 7.80. The normalized spacial score (nSPS) is 22.0. The van der Waals surface area contributed by atoms with Gasteiger partial charge in [-0.05, 0) is 36.8 Å². The number of fused-ring (bicyclic) bond motifs is 1. The van der Waals surface area contributed by atoms with Crippen LogP contribution in [-0.2, 0) is 48.3 Å². The Morgan fingerprint density at radius 2 is 1.67 bits per heavy atom. The number of phosphoric ester groups is 2. The summed E-state index contributed by atoms with van der Waals surface area (Å²) in [5.41, 5.74) is 11.4. The lowest BCUT2D eigenvalue weighted by Crippen LogP contribution is -2.32. The predicted octanol–water partition coefficient (Wildman–Crippen LogP) is 1.91. The summed E-state index contributed by atoms with van der Waals surface area (Å²) in [7, 11) is -8.74. The van der Waals surface area contributed by atoms with Gasteiger partial charge in [0.15, 0.2) is 22.9 Å². The minimum atomic E-state index is -5.16. The SMILES string of the molecule is C=CCCC(=O)NCc1nc(C(=O)O[C@@H]2C[C@H](n3cnc4c(N)ncnc43)O[C@@H]2COP(=O)(O)O[C@@H]2C[C@H](n3ccc(N)nc3=O)O[C@@H]2COP(=O)(O)O)c(-c2ccc(OC)cc2)o1. The van der Waals surface area contributed by atoms with Crippen molar-refractivity contribution in [1.82, 2.24) is 39.4 Å². The first-order chi connectivity index (χ1) is 30.5. The molecule has 7 rings (SSSR count). The van der Waals surface area contributed by atoms with Gasteiger partial charge in [-0.3, -0.25) is 27.5 Å². The fraction of sp³-hybridized carbons (Fsp3) is 0.389. The smallest absolute Gasteiger partial charge is 0.472 e. The van der Waals surface area contributed by atoms with Crippen LogP contribution in [0.3, 0.4) is 0 Å². The number of nitrogens with two attached hydrogens (primary N) is 2. The van der Waals surface area contributed by atoms with Crippen LogP contribution in [0.4, 0.5) is 11.6 Å². The molecule has 0 bridgehead atoms. The highest BCUT2D eigenvalue weighted by atomic mass is 31.2. The number of nitrogen functional groups attached to an aromatic ring is 2. The van der Waals surface area contributed by atoms with Gasteiger partial charge in [0.1, 0.15) is 60.3 Å². The van der Waals surface area contributed by atoms with E-state index >= 15 is 0 Å². The predicted molar refractivity (Wildman–Crippen MR) is 217 cm³/mol. The number of imidazole rings is 1. The van der Waals surface area contributed by atoms with Crippen LogP contribution in [0.15, 0.2) is 71.0 Å². The van der Waals surface area contributed by atoms with E-state index in [0.717, 1.165) is 4.57 Å². The van der Waals surface area contributed by atoms with Gasteiger partial charge in [-0.15, -0.1) is 6.58 Å². The standard InChI is InChI=1S/C36H42N10O16P2/c1-3-4-5-26(47)39-14-27-44-30(32(61-27)19-6-8-20(55-2)9-7-19)35(48)60-21-12-29(46-18-42-31-33(38)40-17-41-34(31)46)58-23(21)16-57-64(53,54)62-22-13-28(45-11-10-25(37)43-36(45)49)59-24(22)15-56-63(50,51)52/h3,6-11,17-18,21-24,28-29H,1,4-5,12-16H2,2H3,(H,39,47)(H,53,54)(H2,37,43,49)(H2,38,40,41)(H2,50,51,52)/t21-,22-,23-,24-,28-,29-/m1/s1. The van der Waals surface area contributed by atoms with E-state index in [0.29, 0.717) is 17.7 Å². The lowest BCUT2D eigenvalue weighted by molar-refractivity contribution is -0.121.